The Balaban J connectivity index is 1.86. The maximum atomic E-state index is 10.6. The summed E-state index contributed by atoms with van der Waals surface area (Å²) < 4.78 is 0. The SMILES string of the molecule is CCNC1CCCC1CCc1ccc([N+](=O)[O-])cc1. The number of nitro groups is 1. The van der Waals surface area contributed by atoms with Gasteiger partial charge >= 0.3 is 0 Å². The van der Waals surface area contributed by atoms with Crippen LogP contribution in [0.15, 0.2) is 24.3 Å². The van der Waals surface area contributed by atoms with E-state index < -0.39 is 0 Å². The fraction of sp³-hybridized carbons (Fsp3) is 0.600. The molecule has 0 spiro atoms. The quantitative estimate of drug-likeness (QED) is 0.632. The zero-order valence-electron chi connectivity index (χ0n) is 11.5. The van der Waals surface area contributed by atoms with E-state index in [4.69, 9.17) is 0 Å². The van der Waals surface area contributed by atoms with Crippen molar-refractivity contribution >= 4 is 5.69 Å². The van der Waals surface area contributed by atoms with Crippen LogP contribution in [0.4, 0.5) is 5.69 Å². The van der Waals surface area contributed by atoms with Crippen molar-refractivity contribution in [2.45, 2.75) is 45.1 Å². The molecule has 1 fully saturated rings. The smallest absolute Gasteiger partial charge is 0.269 e. The standard InChI is InChI=1S/C15H22N2O2/c1-2-16-15-5-3-4-13(15)9-6-12-7-10-14(11-8-12)17(18)19/h7-8,10-11,13,15-16H,2-6,9H2,1H3. The number of nitro benzene ring substituents is 1. The van der Waals surface area contributed by atoms with Gasteiger partial charge in [0.05, 0.1) is 4.92 Å². The molecular weight excluding hydrogens is 240 g/mol. The van der Waals surface area contributed by atoms with Crippen molar-refractivity contribution in [3.63, 3.8) is 0 Å². The van der Waals surface area contributed by atoms with E-state index in [9.17, 15) is 10.1 Å². The van der Waals surface area contributed by atoms with Gasteiger partial charge in [-0.1, -0.05) is 25.5 Å². The molecule has 1 aliphatic rings. The molecule has 0 radical (unpaired) electrons. The lowest BCUT2D eigenvalue weighted by Crippen LogP contribution is -2.32. The summed E-state index contributed by atoms with van der Waals surface area (Å²) in [5.41, 5.74) is 1.38. The van der Waals surface area contributed by atoms with Crippen LogP contribution in [0.2, 0.25) is 0 Å². The van der Waals surface area contributed by atoms with Gasteiger partial charge in [0.1, 0.15) is 0 Å². The highest BCUT2D eigenvalue weighted by Gasteiger charge is 2.25. The molecule has 2 rings (SSSR count). The summed E-state index contributed by atoms with van der Waals surface area (Å²) in [5.74, 6) is 0.759. The predicted octanol–water partition coefficient (Wildman–Crippen LogP) is 3.31. The molecule has 4 nitrogen and oxygen atoms in total. The number of rotatable bonds is 6. The van der Waals surface area contributed by atoms with Crippen molar-refractivity contribution in [2.75, 3.05) is 6.54 Å². The third-order valence-electron chi connectivity index (χ3n) is 4.08. The van der Waals surface area contributed by atoms with E-state index >= 15 is 0 Å². The maximum Gasteiger partial charge on any atom is 0.269 e. The third kappa shape index (κ3) is 3.77. The van der Waals surface area contributed by atoms with Gasteiger partial charge < -0.3 is 5.32 Å². The molecule has 0 aromatic heterocycles. The second kappa shape index (κ2) is 6.66. The predicted molar refractivity (Wildman–Crippen MR) is 76.2 cm³/mol. The first-order valence-electron chi connectivity index (χ1n) is 7.17. The molecule has 0 saturated heterocycles. The normalized spacial score (nSPS) is 22.6. The monoisotopic (exact) mass is 262 g/mol. The molecule has 4 heteroatoms. The van der Waals surface area contributed by atoms with E-state index in [0.717, 1.165) is 18.9 Å². The van der Waals surface area contributed by atoms with Crippen LogP contribution in [-0.2, 0) is 6.42 Å². The minimum absolute atomic E-state index is 0.176. The number of aryl methyl sites for hydroxylation is 1. The minimum Gasteiger partial charge on any atom is -0.314 e. The summed E-state index contributed by atoms with van der Waals surface area (Å²) in [4.78, 5) is 10.2. The summed E-state index contributed by atoms with van der Waals surface area (Å²) >= 11 is 0. The van der Waals surface area contributed by atoms with Crippen LogP contribution < -0.4 is 5.32 Å². The zero-order chi connectivity index (χ0) is 13.7. The molecule has 1 saturated carbocycles. The largest absolute Gasteiger partial charge is 0.314 e. The Morgan fingerprint density at radius 2 is 2.05 bits per heavy atom. The van der Waals surface area contributed by atoms with Gasteiger partial charge in [0, 0.05) is 18.2 Å². The number of hydrogen-bond donors (Lipinski definition) is 1. The fourth-order valence-electron chi connectivity index (χ4n) is 3.05. The van der Waals surface area contributed by atoms with E-state index in [-0.39, 0.29) is 10.6 Å². The summed E-state index contributed by atoms with van der Waals surface area (Å²) in [5, 5.41) is 14.2. The Bertz CT molecular complexity index is 417. The topological polar surface area (TPSA) is 55.2 Å². The fourth-order valence-corrected chi connectivity index (χ4v) is 3.05. The molecule has 1 N–H and O–H groups in total. The van der Waals surface area contributed by atoms with Crippen LogP contribution in [-0.4, -0.2) is 17.5 Å². The second-order valence-electron chi connectivity index (χ2n) is 5.32. The Kier molecular flexibility index (Phi) is 4.91. The molecule has 2 unspecified atom stereocenters. The van der Waals surface area contributed by atoms with Gasteiger partial charge in [0.15, 0.2) is 0 Å². The van der Waals surface area contributed by atoms with Crippen LogP contribution >= 0.6 is 0 Å². The molecular formula is C15H22N2O2. The highest BCUT2D eigenvalue weighted by Crippen LogP contribution is 2.29. The van der Waals surface area contributed by atoms with Gasteiger partial charge in [-0.3, -0.25) is 10.1 Å². The van der Waals surface area contributed by atoms with E-state index in [1.165, 1.54) is 31.2 Å². The number of benzene rings is 1. The van der Waals surface area contributed by atoms with Gasteiger partial charge in [0.2, 0.25) is 0 Å². The summed E-state index contributed by atoms with van der Waals surface area (Å²) in [6.45, 7) is 3.20. The molecule has 0 bridgehead atoms. The Morgan fingerprint density at radius 3 is 2.68 bits per heavy atom. The molecule has 19 heavy (non-hydrogen) atoms. The molecule has 1 aromatic carbocycles. The van der Waals surface area contributed by atoms with Crippen LogP contribution in [0.3, 0.4) is 0 Å². The highest BCUT2D eigenvalue weighted by molar-refractivity contribution is 5.32. The van der Waals surface area contributed by atoms with Gasteiger partial charge in [0.25, 0.3) is 5.69 Å². The first-order chi connectivity index (χ1) is 9.20. The lowest BCUT2D eigenvalue weighted by molar-refractivity contribution is -0.384. The van der Waals surface area contributed by atoms with Gasteiger partial charge in [-0.05, 0) is 43.7 Å². The van der Waals surface area contributed by atoms with Crippen LogP contribution in [0.1, 0.15) is 38.2 Å². The molecule has 1 aliphatic carbocycles. The van der Waals surface area contributed by atoms with E-state index in [1.807, 2.05) is 12.1 Å². The van der Waals surface area contributed by atoms with Gasteiger partial charge in [-0.2, -0.15) is 0 Å². The number of nitrogens with zero attached hydrogens (tertiary/aromatic N) is 1. The van der Waals surface area contributed by atoms with Crippen molar-refractivity contribution in [3.8, 4) is 0 Å². The van der Waals surface area contributed by atoms with Crippen LogP contribution in [0, 0.1) is 16.0 Å². The van der Waals surface area contributed by atoms with Crippen molar-refractivity contribution in [1.82, 2.24) is 5.32 Å². The first kappa shape index (κ1) is 14.0. The molecule has 0 amide bonds. The Hall–Kier alpha value is -1.42. The van der Waals surface area contributed by atoms with E-state index in [2.05, 4.69) is 12.2 Å². The second-order valence-corrected chi connectivity index (χ2v) is 5.32. The van der Waals surface area contributed by atoms with E-state index in [0.29, 0.717) is 6.04 Å². The molecule has 0 aliphatic heterocycles. The maximum absolute atomic E-state index is 10.6. The molecule has 1 aromatic rings. The molecule has 0 heterocycles. The average Bonchev–Trinajstić information content (AvgIpc) is 2.85. The summed E-state index contributed by atoms with van der Waals surface area (Å²) in [6, 6.07) is 7.64. The molecule has 2 atom stereocenters. The highest BCUT2D eigenvalue weighted by atomic mass is 16.6. The number of hydrogen-bond acceptors (Lipinski definition) is 3. The zero-order valence-corrected chi connectivity index (χ0v) is 11.5. The van der Waals surface area contributed by atoms with Crippen LogP contribution in [0.25, 0.3) is 0 Å². The van der Waals surface area contributed by atoms with Crippen LogP contribution in [0.5, 0.6) is 0 Å². The number of nitrogens with one attached hydrogen (secondary N) is 1. The van der Waals surface area contributed by atoms with E-state index in [1.54, 1.807) is 12.1 Å². The molecule has 104 valence electrons. The number of non-ortho nitro benzene ring substituents is 1. The lowest BCUT2D eigenvalue weighted by atomic mass is 9.95. The van der Waals surface area contributed by atoms with Crippen molar-refractivity contribution in [2.24, 2.45) is 5.92 Å². The van der Waals surface area contributed by atoms with Gasteiger partial charge in [-0.15, -0.1) is 0 Å². The van der Waals surface area contributed by atoms with Crippen molar-refractivity contribution in [3.05, 3.63) is 39.9 Å². The summed E-state index contributed by atoms with van der Waals surface area (Å²) in [7, 11) is 0. The lowest BCUT2D eigenvalue weighted by Gasteiger charge is -2.20. The van der Waals surface area contributed by atoms with Crippen molar-refractivity contribution < 1.29 is 4.92 Å². The first-order valence-corrected chi connectivity index (χ1v) is 7.17. The third-order valence-corrected chi connectivity index (χ3v) is 4.08. The minimum atomic E-state index is -0.345. The Morgan fingerprint density at radius 1 is 1.32 bits per heavy atom. The van der Waals surface area contributed by atoms with Crippen molar-refractivity contribution in [1.29, 1.82) is 0 Å². The average molecular weight is 262 g/mol. The summed E-state index contributed by atoms with van der Waals surface area (Å²) in [6.07, 6.45) is 6.12. The van der Waals surface area contributed by atoms with Gasteiger partial charge in [-0.25, -0.2) is 0 Å². The Labute approximate surface area is 114 Å².